The SMILES string of the molecule is Cc1sc(NC(=O)C(C)(C)C)c(C(=O)OCC(=O)NCC(=O)Nc2ccc(F)c(F)c2)c1C. The van der Waals surface area contributed by atoms with E-state index in [1.807, 2.05) is 0 Å². The average Bonchev–Trinajstić information content (AvgIpc) is 3.00. The van der Waals surface area contributed by atoms with Gasteiger partial charge in [0, 0.05) is 22.0 Å². The first-order chi connectivity index (χ1) is 15.3. The van der Waals surface area contributed by atoms with E-state index in [9.17, 15) is 28.0 Å². The Balaban J connectivity index is 1.91. The van der Waals surface area contributed by atoms with Crippen molar-refractivity contribution in [3.63, 3.8) is 0 Å². The zero-order chi connectivity index (χ0) is 24.9. The highest BCUT2D eigenvalue weighted by molar-refractivity contribution is 7.16. The van der Waals surface area contributed by atoms with E-state index < -0.39 is 48.0 Å². The lowest BCUT2D eigenvalue weighted by atomic mass is 9.96. The maximum Gasteiger partial charge on any atom is 0.341 e. The fourth-order valence-corrected chi connectivity index (χ4v) is 3.51. The maximum atomic E-state index is 13.2. The molecular weight excluding hydrogens is 456 g/mol. The Labute approximate surface area is 193 Å². The number of carbonyl (C=O) groups excluding carboxylic acids is 4. The quantitative estimate of drug-likeness (QED) is 0.524. The van der Waals surface area contributed by atoms with Gasteiger partial charge in [0.1, 0.15) is 5.00 Å². The minimum atomic E-state index is -1.12. The molecule has 0 aliphatic heterocycles. The number of hydrogen-bond donors (Lipinski definition) is 3. The molecule has 3 N–H and O–H groups in total. The van der Waals surface area contributed by atoms with E-state index in [1.54, 1.807) is 34.6 Å². The van der Waals surface area contributed by atoms with Crippen LogP contribution >= 0.6 is 11.3 Å². The zero-order valence-electron chi connectivity index (χ0n) is 18.9. The summed E-state index contributed by atoms with van der Waals surface area (Å²) in [5.41, 5.74) is 0.139. The highest BCUT2D eigenvalue weighted by Gasteiger charge is 2.27. The van der Waals surface area contributed by atoms with Gasteiger partial charge < -0.3 is 20.7 Å². The molecule has 0 atom stereocenters. The molecule has 11 heteroatoms. The Morgan fingerprint density at radius 1 is 1.00 bits per heavy atom. The molecule has 1 aromatic carbocycles. The summed E-state index contributed by atoms with van der Waals surface area (Å²) in [5, 5.41) is 7.62. The molecular formula is C22H25F2N3O5S. The lowest BCUT2D eigenvalue weighted by Crippen LogP contribution is -2.35. The summed E-state index contributed by atoms with van der Waals surface area (Å²) in [4.78, 5) is 49.5. The molecule has 0 spiro atoms. The summed E-state index contributed by atoms with van der Waals surface area (Å²) in [6, 6.07) is 2.83. The predicted octanol–water partition coefficient (Wildman–Crippen LogP) is 3.54. The molecule has 178 valence electrons. The molecule has 33 heavy (non-hydrogen) atoms. The first kappa shape index (κ1) is 25.9. The number of rotatable bonds is 7. The fourth-order valence-electron chi connectivity index (χ4n) is 2.46. The smallest absolute Gasteiger partial charge is 0.341 e. The molecule has 0 aliphatic carbocycles. The van der Waals surface area contributed by atoms with Gasteiger partial charge in [0.15, 0.2) is 18.2 Å². The minimum Gasteiger partial charge on any atom is -0.452 e. The first-order valence-electron chi connectivity index (χ1n) is 9.89. The molecule has 0 aliphatic rings. The van der Waals surface area contributed by atoms with Crippen molar-refractivity contribution in [2.24, 2.45) is 5.41 Å². The molecule has 3 amide bonds. The summed E-state index contributed by atoms with van der Waals surface area (Å²) >= 11 is 1.23. The van der Waals surface area contributed by atoms with E-state index >= 15 is 0 Å². The van der Waals surface area contributed by atoms with Crippen LogP contribution in [-0.4, -0.2) is 36.8 Å². The number of benzene rings is 1. The van der Waals surface area contributed by atoms with Crippen LogP contribution in [0.25, 0.3) is 0 Å². The number of carbonyl (C=O) groups is 4. The van der Waals surface area contributed by atoms with Crippen molar-refractivity contribution in [2.45, 2.75) is 34.6 Å². The van der Waals surface area contributed by atoms with Crippen molar-refractivity contribution in [3.8, 4) is 0 Å². The van der Waals surface area contributed by atoms with Gasteiger partial charge in [-0.25, -0.2) is 13.6 Å². The van der Waals surface area contributed by atoms with Crippen molar-refractivity contribution >= 4 is 45.7 Å². The number of esters is 1. The number of anilines is 2. The minimum absolute atomic E-state index is 0.0210. The van der Waals surface area contributed by atoms with Crippen molar-refractivity contribution < 1.29 is 32.7 Å². The third-order valence-electron chi connectivity index (χ3n) is 4.48. The van der Waals surface area contributed by atoms with Crippen molar-refractivity contribution in [1.29, 1.82) is 0 Å². The van der Waals surface area contributed by atoms with Crippen LogP contribution < -0.4 is 16.0 Å². The Bertz CT molecular complexity index is 1090. The van der Waals surface area contributed by atoms with Crippen molar-refractivity contribution in [1.82, 2.24) is 5.32 Å². The van der Waals surface area contributed by atoms with E-state index in [0.29, 0.717) is 10.6 Å². The van der Waals surface area contributed by atoms with Gasteiger partial charge >= 0.3 is 5.97 Å². The Hall–Kier alpha value is -3.34. The van der Waals surface area contributed by atoms with Crippen molar-refractivity contribution in [2.75, 3.05) is 23.8 Å². The van der Waals surface area contributed by atoms with Crippen LogP contribution in [-0.2, 0) is 19.1 Å². The summed E-state index contributed by atoms with van der Waals surface area (Å²) in [5.74, 6) is -4.67. The van der Waals surface area contributed by atoms with E-state index in [0.717, 1.165) is 17.0 Å². The summed E-state index contributed by atoms with van der Waals surface area (Å²) in [6.45, 7) is 7.58. The Morgan fingerprint density at radius 2 is 1.67 bits per heavy atom. The number of hydrogen-bond acceptors (Lipinski definition) is 6. The van der Waals surface area contributed by atoms with Crippen molar-refractivity contribution in [3.05, 3.63) is 45.8 Å². The highest BCUT2D eigenvalue weighted by Crippen LogP contribution is 2.34. The zero-order valence-corrected chi connectivity index (χ0v) is 19.7. The number of amides is 3. The molecule has 0 bridgehead atoms. The molecule has 2 rings (SSSR count). The standard InChI is InChI=1S/C22H25F2N3O5S/c1-11-12(2)33-19(27-21(31)22(3,4)5)18(11)20(30)32-10-17(29)25-9-16(28)26-13-6-7-14(23)15(24)8-13/h6-8H,9-10H2,1-5H3,(H,25,29)(H,26,28)(H,27,31). The van der Waals surface area contributed by atoms with Crippen LogP contribution in [0, 0.1) is 30.9 Å². The second kappa shape index (κ2) is 10.5. The molecule has 2 aromatic rings. The summed E-state index contributed by atoms with van der Waals surface area (Å²) < 4.78 is 31.2. The largest absolute Gasteiger partial charge is 0.452 e. The van der Waals surface area contributed by atoms with Gasteiger partial charge in [0.05, 0.1) is 12.1 Å². The first-order valence-corrected chi connectivity index (χ1v) is 10.7. The van der Waals surface area contributed by atoms with Crippen LogP contribution in [0.1, 0.15) is 41.6 Å². The third kappa shape index (κ3) is 7.07. The number of nitrogens with one attached hydrogen (secondary N) is 3. The van der Waals surface area contributed by atoms with Gasteiger partial charge in [-0.3, -0.25) is 14.4 Å². The molecule has 1 aromatic heterocycles. The monoisotopic (exact) mass is 481 g/mol. The summed E-state index contributed by atoms with van der Waals surface area (Å²) in [7, 11) is 0. The van der Waals surface area contributed by atoms with Gasteiger partial charge in [-0.1, -0.05) is 20.8 Å². The molecule has 0 saturated carbocycles. The van der Waals surface area contributed by atoms with Gasteiger partial charge in [0.25, 0.3) is 5.91 Å². The van der Waals surface area contributed by atoms with E-state index in [2.05, 4.69) is 16.0 Å². The number of ether oxygens (including phenoxy) is 1. The van der Waals surface area contributed by atoms with Gasteiger partial charge in [0.2, 0.25) is 11.8 Å². The van der Waals surface area contributed by atoms with E-state index in [-0.39, 0.29) is 17.2 Å². The van der Waals surface area contributed by atoms with Crippen LogP contribution in [0.15, 0.2) is 18.2 Å². The Kier molecular flexibility index (Phi) is 8.26. The van der Waals surface area contributed by atoms with Gasteiger partial charge in [-0.15, -0.1) is 11.3 Å². The molecule has 0 fully saturated rings. The molecule has 0 saturated heterocycles. The summed E-state index contributed by atoms with van der Waals surface area (Å²) in [6.07, 6.45) is 0. The lowest BCUT2D eigenvalue weighted by molar-refractivity contribution is -0.126. The molecule has 8 nitrogen and oxygen atoms in total. The van der Waals surface area contributed by atoms with E-state index in [1.165, 1.54) is 17.4 Å². The number of halogens is 2. The average molecular weight is 482 g/mol. The van der Waals surface area contributed by atoms with E-state index in [4.69, 9.17) is 4.74 Å². The van der Waals surface area contributed by atoms with Gasteiger partial charge in [-0.05, 0) is 31.5 Å². The number of thiophene rings is 1. The molecule has 1 heterocycles. The fraction of sp³-hybridized carbons (Fsp3) is 0.364. The van der Waals surface area contributed by atoms with Gasteiger partial charge in [-0.2, -0.15) is 0 Å². The van der Waals surface area contributed by atoms with Crippen LogP contribution in [0.3, 0.4) is 0 Å². The van der Waals surface area contributed by atoms with Crippen LogP contribution in [0.5, 0.6) is 0 Å². The second-order valence-electron chi connectivity index (χ2n) is 8.22. The molecule has 0 radical (unpaired) electrons. The van der Waals surface area contributed by atoms with Crippen LogP contribution in [0.4, 0.5) is 19.5 Å². The maximum absolute atomic E-state index is 13.2. The topological polar surface area (TPSA) is 114 Å². The second-order valence-corrected chi connectivity index (χ2v) is 9.45. The predicted molar refractivity (Wildman–Crippen MR) is 120 cm³/mol. The lowest BCUT2D eigenvalue weighted by Gasteiger charge is -2.17. The highest BCUT2D eigenvalue weighted by atomic mass is 32.1. The Morgan fingerprint density at radius 3 is 2.27 bits per heavy atom. The number of aryl methyl sites for hydroxylation is 1. The van der Waals surface area contributed by atoms with Crippen LogP contribution in [0.2, 0.25) is 0 Å². The molecule has 0 unspecified atom stereocenters. The normalized spacial score (nSPS) is 11.0. The third-order valence-corrected chi connectivity index (χ3v) is 5.60.